The monoisotopic (exact) mass is 414 g/mol. The molecule has 27 heavy (non-hydrogen) atoms. The van der Waals surface area contributed by atoms with E-state index in [2.05, 4.69) is 11.7 Å². The first-order valence-corrected chi connectivity index (χ1v) is 10.8. The average molecular weight is 414 g/mol. The summed E-state index contributed by atoms with van der Waals surface area (Å²) in [6, 6.07) is 0. The van der Waals surface area contributed by atoms with Gasteiger partial charge in [-0.15, -0.1) is 0 Å². The number of ether oxygens (including phenoxy) is 2. The van der Waals surface area contributed by atoms with Gasteiger partial charge >= 0.3 is 41.5 Å². The molecule has 0 rings (SSSR count). The van der Waals surface area contributed by atoms with Gasteiger partial charge in [-0.3, -0.25) is 9.59 Å². The second kappa shape index (κ2) is 17.7. The smallest absolute Gasteiger partial charge is 0.747 e. The molecule has 0 aromatic carbocycles. The summed E-state index contributed by atoms with van der Waals surface area (Å²) in [5.74, 6) is -2.16. The van der Waals surface area contributed by atoms with Crippen molar-refractivity contribution in [3.8, 4) is 0 Å². The molecule has 0 aliphatic heterocycles. The molecule has 0 radical (unpaired) electrons. The number of unbranched alkanes of at least 4 members (excludes halogenated alkanes) is 7. The molecule has 0 N–H and O–H groups in total. The van der Waals surface area contributed by atoms with E-state index in [1.807, 2.05) is 6.92 Å². The normalized spacial score (nSPS) is 12.4. The maximum absolute atomic E-state index is 11.8. The number of allylic oxidation sites excluding steroid dienone is 1. The van der Waals surface area contributed by atoms with Crippen LogP contribution in [0.2, 0.25) is 0 Å². The summed E-state index contributed by atoms with van der Waals surface area (Å²) in [4.78, 5) is 23.4. The van der Waals surface area contributed by atoms with Gasteiger partial charge in [-0.1, -0.05) is 58.8 Å². The molecule has 0 saturated carbocycles. The Morgan fingerprint density at radius 1 is 1.00 bits per heavy atom. The van der Waals surface area contributed by atoms with Crippen molar-refractivity contribution in [2.45, 2.75) is 83.3 Å². The van der Waals surface area contributed by atoms with Gasteiger partial charge in [0, 0.05) is 0 Å². The fraction of sp³-hybridized carbons (Fsp3) is 0.778. The zero-order valence-corrected chi connectivity index (χ0v) is 19.6. The predicted molar refractivity (Wildman–Crippen MR) is 97.2 cm³/mol. The van der Waals surface area contributed by atoms with E-state index in [9.17, 15) is 22.6 Å². The first-order chi connectivity index (χ1) is 12.3. The van der Waals surface area contributed by atoms with Crippen LogP contribution in [-0.4, -0.2) is 36.8 Å². The number of hydrogen-bond donors (Lipinski definition) is 0. The Morgan fingerprint density at radius 2 is 1.56 bits per heavy atom. The van der Waals surface area contributed by atoms with Crippen LogP contribution in [0, 0.1) is 0 Å². The molecular weight excluding hydrogens is 383 g/mol. The summed E-state index contributed by atoms with van der Waals surface area (Å²) in [7, 11) is -5.00. The molecule has 0 aromatic rings. The third kappa shape index (κ3) is 16.3. The Kier molecular flexibility index (Phi) is 18.8. The molecule has 152 valence electrons. The van der Waals surface area contributed by atoms with Crippen LogP contribution >= 0.6 is 0 Å². The maximum atomic E-state index is 11.8. The van der Waals surface area contributed by atoms with Gasteiger partial charge in [0.25, 0.3) is 0 Å². The van der Waals surface area contributed by atoms with Crippen LogP contribution in [0.1, 0.15) is 78.1 Å². The van der Waals surface area contributed by atoms with Gasteiger partial charge < -0.3 is 14.0 Å². The Hall–Kier alpha value is -0.410. The van der Waals surface area contributed by atoms with Gasteiger partial charge in [0.05, 0.1) is 19.3 Å². The van der Waals surface area contributed by atoms with Crippen molar-refractivity contribution in [1.82, 2.24) is 0 Å². The minimum absolute atomic E-state index is 0. The first kappa shape index (κ1) is 28.8. The molecule has 1 atom stereocenters. The van der Waals surface area contributed by atoms with Crippen molar-refractivity contribution in [3.05, 3.63) is 12.3 Å². The Morgan fingerprint density at radius 3 is 2.07 bits per heavy atom. The summed E-state index contributed by atoms with van der Waals surface area (Å²) in [6.07, 6.45) is 10.8. The third-order valence-electron chi connectivity index (χ3n) is 3.74. The topological polar surface area (TPSA) is 110 Å². The van der Waals surface area contributed by atoms with Gasteiger partial charge in [-0.25, -0.2) is 8.42 Å². The van der Waals surface area contributed by atoms with E-state index in [0.29, 0.717) is 12.8 Å². The van der Waals surface area contributed by atoms with Crippen molar-refractivity contribution >= 4 is 22.1 Å². The van der Waals surface area contributed by atoms with Crippen LogP contribution in [0.4, 0.5) is 0 Å². The zero-order chi connectivity index (χ0) is 19.8. The molecule has 0 aliphatic rings. The number of rotatable bonds is 15. The second-order valence-corrected chi connectivity index (χ2v) is 7.65. The van der Waals surface area contributed by atoms with Crippen LogP contribution in [-0.2, 0) is 29.2 Å². The van der Waals surface area contributed by atoms with Crippen LogP contribution in [0.5, 0.6) is 0 Å². The van der Waals surface area contributed by atoms with Gasteiger partial charge in [-0.05, 0) is 18.9 Å². The molecule has 0 heterocycles. The molecule has 0 saturated heterocycles. The van der Waals surface area contributed by atoms with Gasteiger partial charge in [-0.2, -0.15) is 0 Å². The minimum Gasteiger partial charge on any atom is -0.747 e. The average Bonchev–Trinajstić information content (AvgIpc) is 2.57. The Labute approximate surface area is 185 Å². The van der Waals surface area contributed by atoms with Crippen molar-refractivity contribution in [2.24, 2.45) is 0 Å². The van der Waals surface area contributed by atoms with Crippen LogP contribution < -0.4 is 29.6 Å². The van der Waals surface area contributed by atoms with Gasteiger partial charge in [0.15, 0.2) is 5.25 Å². The Bertz CT molecular complexity index is 532. The van der Waals surface area contributed by atoms with E-state index in [4.69, 9.17) is 4.74 Å². The zero-order valence-electron chi connectivity index (χ0n) is 16.8. The molecule has 0 aliphatic carbocycles. The third-order valence-corrected chi connectivity index (χ3v) is 4.79. The number of carbonyl (C=O) groups excluding carboxylic acids is 2. The summed E-state index contributed by atoms with van der Waals surface area (Å²) in [5.41, 5.74) is 0. The van der Waals surface area contributed by atoms with Crippen molar-refractivity contribution in [3.63, 3.8) is 0 Å². The van der Waals surface area contributed by atoms with Gasteiger partial charge in [0.1, 0.15) is 10.1 Å². The number of hydrogen-bond acceptors (Lipinski definition) is 7. The molecule has 0 fully saturated rings. The summed E-state index contributed by atoms with van der Waals surface area (Å²) in [6.45, 7) is 4.01. The first-order valence-electron chi connectivity index (χ1n) is 9.28. The summed E-state index contributed by atoms with van der Waals surface area (Å²) >= 11 is 0. The quantitative estimate of drug-likeness (QED) is 0.126. The number of esters is 2. The Balaban J connectivity index is 0. The van der Waals surface area contributed by atoms with Crippen LogP contribution in [0.15, 0.2) is 12.3 Å². The molecule has 0 aromatic heterocycles. The molecule has 9 heteroatoms. The molecular formula is C18H31NaO7S. The predicted octanol–water partition coefficient (Wildman–Crippen LogP) is 0.445. The van der Waals surface area contributed by atoms with Crippen molar-refractivity contribution < 1.29 is 61.6 Å². The standard InChI is InChI=1S/C18H32O7S.Na/c1-3-5-7-8-9-10-11-12-14-25-18(20)16(26(21,22)23)15-17(19)24-13-6-4-2;/h6,13,16H,3-5,7-12,14-15H2,1-2H3,(H,21,22,23);/q;+1/p-1/b13-6+;. The van der Waals surface area contributed by atoms with E-state index in [1.54, 1.807) is 6.08 Å². The molecule has 1 unspecified atom stereocenters. The maximum Gasteiger partial charge on any atom is 1.00 e. The number of carbonyl (C=O) groups is 2. The largest absolute Gasteiger partial charge is 1.00 e. The second-order valence-electron chi connectivity index (χ2n) is 6.10. The summed E-state index contributed by atoms with van der Waals surface area (Å²) in [5, 5.41) is -2.07. The van der Waals surface area contributed by atoms with E-state index >= 15 is 0 Å². The molecule has 0 bridgehead atoms. The fourth-order valence-corrected chi connectivity index (χ4v) is 2.87. The SMILES string of the molecule is CC/C=C/OC(=O)CC(C(=O)OCCCCCCCCCC)S(=O)(=O)[O-].[Na+]. The van der Waals surface area contributed by atoms with Gasteiger partial charge in [0.2, 0.25) is 0 Å². The van der Waals surface area contributed by atoms with Crippen molar-refractivity contribution in [2.75, 3.05) is 6.61 Å². The van der Waals surface area contributed by atoms with Crippen LogP contribution in [0.25, 0.3) is 0 Å². The van der Waals surface area contributed by atoms with E-state index in [-0.39, 0.29) is 36.2 Å². The molecule has 0 amide bonds. The van der Waals surface area contributed by atoms with E-state index < -0.39 is 33.7 Å². The fourth-order valence-electron chi connectivity index (χ4n) is 2.22. The van der Waals surface area contributed by atoms with Crippen molar-refractivity contribution in [1.29, 1.82) is 0 Å². The minimum atomic E-state index is -5.00. The summed E-state index contributed by atoms with van der Waals surface area (Å²) < 4.78 is 43.1. The van der Waals surface area contributed by atoms with Crippen LogP contribution in [0.3, 0.4) is 0 Å². The molecule has 0 spiro atoms. The molecule has 7 nitrogen and oxygen atoms in total. The van der Waals surface area contributed by atoms with E-state index in [0.717, 1.165) is 25.5 Å². The van der Waals surface area contributed by atoms with E-state index in [1.165, 1.54) is 25.7 Å².